The molecule has 6 rings (SSSR count). The zero-order valence-corrected chi connectivity index (χ0v) is 42.3. The van der Waals surface area contributed by atoms with Gasteiger partial charge in [0.25, 0.3) is 59.0 Å². The smallest absolute Gasteiger partial charge is 0.359 e. The molecule has 0 aliphatic carbocycles. The van der Waals surface area contributed by atoms with E-state index in [1.54, 1.807) is 77.9 Å². The first-order valence-corrected chi connectivity index (χ1v) is 28.6. The molecular formula is C45H42N6O12S6. The lowest BCUT2D eigenvalue weighted by atomic mass is 10.2. The van der Waals surface area contributed by atoms with E-state index in [0.29, 0.717) is 11.1 Å². The maximum Gasteiger partial charge on any atom is 0.504 e. The molecule has 0 amide bonds. The molecule has 0 spiro atoms. The Balaban J connectivity index is 0.000000226. The lowest BCUT2D eigenvalue weighted by molar-refractivity contribution is 0.00349. The Morgan fingerprint density at radius 1 is 0.304 bits per heavy atom. The van der Waals surface area contributed by atoms with Crippen molar-refractivity contribution in [3.05, 3.63) is 196 Å². The van der Waals surface area contributed by atoms with Gasteiger partial charge in [-0.05, 0) is 113 Å². The zero-order chi connectivity index (χ0) is 51.8. The standard InChI is InChI=1S/C17H18N2O4S2.C15H14N2O4S2.C13H10N2O4S2/c1-11-5-7-15(13(3)9-11)24(20,21)17(19-18)25(22,23)16-8-6-12(2)10-14(16)4;1-11-3-7-13(8-4-11)22(18,19)15(17-16)23(20,21)14-9-5-12(2)6-10-14;14-15-13(20(16,17)11-7-3-1-4-8-11)21(18,19)12-9-5-2-6-10-12/h5-10H,1-4H3;3-10H,1-2H3;1-10H. The van der Waals surface area contributed by atoms with Crippen molar-refractivity contribution >= 4 is 72.2 Å². The van der Waals surface area contributed by atoms with Crippen LogP contribution in [-0.2, 0) is 59.0 Å². The van der Waals surface area contributed by atoms with E-state index in [4.69, 9.17) is 11.1 Å². The van der Waals surface area contributed by atoms with Crippen molar-refractivity contribution in [3.63, 3.8) is 0 Å². The lowest BCUT2D eigenvalue weighted by Crippen LogP contribution is -2.27. The molecule has 24 heteroatoms. The van der Waals surface area contributed by atoms with Crippen molar-refractivity contribution in [1.29, 1.82) is 0 Å². The molecule has 0 aliphatic rings. The van der Waals surface area contributed by atoms with Crippen LogP contribution >= 0.6 is 0 Å². The molecule has 0 heterocycles. The van der Waals surface area contributed by atoms with Gasteiger partial charge in [0.05, 0.1) is 29.4 Å². The third-order valence-corrected chi connectivity index (χ3v) is 22.5. The highest BCUT2D eigenvalue weighted by molar-refractivity contribution is 8.32. The number of aryl methyl sites for hydroxylation is 6. The quantitative estimate of drug-likeness (QED) is 0.0756. The van der Waals surface area contributed by atoms with Crippen LogP contribution in [0.15, 0.2) is 175 Å². The van der Waals surface area contributed by atoms with Gasteiger partial charge in [0.2, 0.25) is 0 Å². The van der Waals surface area contributed by atoms with Crippen LogP contribution in [0, 0.1) is 41.5 Å². The maximum atomic E-state index is 12.8. The van der Waals surface area contributed by atoms with Crippen LogP contribution in [0.4, 0.5) is 0 Å². The fourth-order valence-corrected chi connectivity index (χ4v) is 16.7. The second kappa shape index (κ2) is 21.6. The minimum atomic E-state index is -4.52. The van der Waals surface area contributed by atoms with E-state index in [1.807, 2.05) is 0 Å². The van der Waals surface area contributed by atoms with Gasteiger partial charge in [-0.3, -0.25) is 0 Å². The highest BCUT2D eigenvalue weighted by Crippen LogP contribution is 2.27. The number of hydrogen-bond donors (Lipinski definition) is 0. The van der Waals surface area contributed by atoms with E-state index in [1.165, 1.54) is 109 Å². The first-order chi connectivity index (χ1) is 32.1. The molecule has 0 saturated carbocycles. The molecule has 69 heavy (non-hydrogen) atoms. The van der Waals surface area contributed by atoms with Crippen LogP contribution in [0.2, 0.25) is 0 Å². The minimum absolute atomic E-state index is 0.209. The molecule has 0 unspecified atom stereocenters. The summed E-state index contributed by atoms with van der Waals surface area (Å²) in [6, 6.07) is 34.0. The molecule has 18 nitrogen and oxygen atoms in total. The predicted octanol–water partition coefficient (Wildman–Crippen LogP) is 6.41. The van der Waals surface area contributed by atoms with Crippen molar-refractivity contribution in [2.45, 2.75) is 70.9 Å². The highest BCUT2D eigenvalue weighted by atomic mass is 32.3. The summed E-state index contributed by atoms with van der Waals surface area (Å²) in [5, 5.41) is 0. The molecule has 0 atom stereocenters. The van der Waals surface area contributed by atoms with Gasteiger partial charge in [0, 0.05) is 0 Å². The molecule has 360 valence electrons. The van der Waals surface area contributed by atoms with Crippen LogP contribution in [0.3, 0.4) is 0 Å². The molecule has 0 saturated heterocycles. The summed E-state index contributed by atoms with van der Waals surface area (Å²) in [5.74, 6) is 0. The number of benzene rings is 6. The molecule has 6 aromatic rings. The maximum absolute atomic E-state index is 12.8. The Bertz CT molecular complexity index is 3560. The molecule has 0 bridgehead atoms. The van der Waals surface area contributed by atoms with Gasteiger partial charge in [-0.15, -0.1) is 14.4 Å². The van der Waals surface area contributed by atoms with Gasteiger partial charge >= 0.3 is 13.1 Å². The summed E-state index contributed by atoms with van der Waals surface area (Å²) in [5.41, 5.74) is 31.3. The Morgan fingerprint density at radius 2 is 0.536 bits per heavy atom. The topological polar surface area (TPSA) is 314 Å². The van der Waals surface area contributed by atoms with Crippen LogP contribution in [0.25, 0.3) is 16.6 Å². The molecule has 0 fully saturated rings. The largest absolute Gasteiger partial charge is 0.504 e. The van der Waals surface area contributed by atoms with Crippen molar-refractivity contribution < 1.29 is 64.9 Å². The first kappa shape index (κ1) is 54.8. The van der Waals surface area contributed by atoms with E-state index >= 15 is 0 Å². The summed E-state index contributed by atoms with van der Waals surface area (Å²) in [7, 11) is -26.9. The number of hydrogen-bond acceptors (Lipinski definition) is 12. The van der Waals surface area contributed by atoms with E-state index < -0.39 is 72.2 Å². The van der Waals surface area contributed by atoms with Crippen molar-refractivity contribution in [1.82, 2.24) is 0 Å². The molecular weight excluding hydrogens is 1010 g/mol. The number of rotatable bonds is 6. The van der Waals surface area contributed by atoms with E-state index in [-0.39, 0.29) is 29.4 Å². The van der Waals surface area contributed by atoms with Gasteiger partial charge in [0.15, 0.2) is 0 Å². The molecule has 6 aromatic carbocycles. The third-order valence-electron chi connectivity index (χ3n) is 9.63. The average molecular weight is 1050 g/mol. The number of nitrogens with zero attached hydrogens (tertiary/aromatic N) is 6. The SMILES string of the molecule is Cc1ccc(S(=O)(=O)C(=[N+]=[N-])S(=O)(=O)c2ccc(C)cc2)cc1.Cc1ccc(S(=O)(=O)C(=[N+]=[N-])S(=O)(=O)c2ccc(C)cc2C)c(C)c1.[N-]=[N+]=C(S(=O)(=O)c1ccccc1)S(=O)(=O)c1ccccc1. The van der Waals surface area contributed by atoms with E-state index in [2.05, 4.69) is 14.4 Å². The van der Waals surface area contributed by atoms with Crippen LogP contribution in [-0.4, -0.2) is 78.0 Å². The van der Waals surface area contributed by atoms with Gasteiger partial charge in [-0.1, -0.05) is 107 Å². The Labute approximate surface area is 401 Å². The molecule has 0 radical (unpaired) electrons. The van der Waals surface area contributed by atoms with Gasteiger partial charge in [0.1, 0.15) is 0 Å². The van der Waals surface area contributed by atoms with Gasteiger partial charge < -0.3 is 16.6 Å². The van der Waals surface area contributed by atoms with Gasteiger partial charge in [-0.2, -0.15) is 0 Å². The van der Waals surface area contributed by atoms with Crippen molar-refractivity contribution in [2.75, 3.05) is 0 Å². The van der Waals surface area contributed by atoms with Crippen LogP contribution in [0.5, 0.6) is 0 Å². The fourth-order valence-electron chi connectivity index (χ4n) is 6.18. The molecule has 0 N–H and O–H groups in total. The lowest BCUT2D eigenvalue weighted by Gasteiger charge is -2.08. The van der Waals surface area contributed by atoms with Crippen LogP contribution < -0.4 is 0 Å². The van der Waals surface area contributed by atoms with Crippen molar-refractivity contribution in [3.8, 4) is 0 Å². The monoisotopic (exact) mass is 1050 g/mol. The van der Waals surface area contributed by atoms with Crippen LogP contribution in [0.1, 0.15) is 33.4 Å². The normalized spacial score (nSPS) is 11.7. The highest BCUT2D eigenvalue weighted by Gasteiger charge is 2.46. The second-order valence-corrected chi connectivity index (χ2v) is 26.8. The summed E-state index contributed by atoms with van der Waals surface area (Å²) in [6.45, 7) is 10.2. The summed E-state index contributed by atoms with van der Waals surface area (Å²) < 4.78 is 147. The van der Waals surface area contributed by atoms with E-state index in [0.717, 1.165) is 22.3 Å². The Kier molecular flexibility index (Phi) is 17.2. The molecule has 0 aromatic heterocycles. The minimum Gasteiger partial charge on any atom is -0.359 e. The van der Waals surface area contributed by atoms with Crippen molar-refractivity contribution in [2.24, 2.45) is 0 Å². The Hall–Kier alpha value is -6.84. The predicted molar refractivity (Wildman–Crippen MR) is 256 cm³/mol. The van der Waals surface area contributed by atoms with Gasteiger partial charge in [-0.25, -0.2) is 50.5 Å². The fraction of sp³-hybridized carbons (Fsp3) is 0.133. The number of sulfone groups is 6. The third kappa shape index (κ3) is 12.1. The zero-order valence-electron chi connectivity index (χ0n) is 37.4. The van der Waals surface area contributed by atoms with E-state index in [9.17, 15) is 56.0 Å². The summed E-state index contributed by atoms with van der Waals surface area (Å²) in [4.78, 5) is 6.28. The summed E-state index contributed by atoms with van der Waals surface area (Å²) in [6.07, 6.45) is 0. The average Bonchev–Trinajstić information content (AvgIpc) is 3.27. The second-order valence-electron chi connectivity index (χ2n) is 14.9. The first-order valence-electron chi connectivity index (χ1n) is 19.7. The summed E-state index contributed by atoms with van der Waals surface area (Å²) >= 11 is 0. The Morgan fingerprint density at radius 3 is 0.783 bits per heavy atom. The molecule has 0 aliphatic heterocycles.